The number of nitrogens with zero attached hydrogens (tertiary/aromatic N) is 6. The summed E-state index contributed by atoms with van der Waals surface area (Å²) < 4.78 is 7.37. The smallest absolute Gasteiger partial charge is 0.213 e. The summed E-state index contributed by atoms with van der Waals surface area (Å²) >= 11 is 0. The normalized spacial score (nSPS) is 11.2. The van der Waals surface area contributed by atoms with E-state index in [1.54, 1.807) is 10.7 Å². The van der Waals surface area contributed by atoms with E-state index in [0.29, 0.717) is 19.0 Å². The van der Waals surface area contributed by atoms with Gasteiger partial charge in [-0.3, -0.25) is 0 Å². The lowest BCUT2D eigenvalue weighted by Crippen LogP contribution is -2.19. The highest BCUT2D eigenvalue weighted by molar-refractivity contribution is 5.44. The molecule has 0 spiro atoms. The van der Waals surface area contributed by atoms with Crippen molar-refractivity contribution in [2.24, 2.45) is 0 Å². The van der Waals surface area contributed by atoms with Crippen LogP contribution in [0.4, 0.5) is 5.82 Å². The molecule has 0 unspecified atom stereocenters. The van der Waals surface area contributed by atoms with E-state index in [4.69, 9.17) is 4.74 Å². The second-order valence-corrected chi connectivity index (χ2v) is 5.74. The zero-order valence-electron chi connectivity index (χ0n) is 14.1. The van der Waals surface area contributed by atoms with Crippen LogP contribution in [-0.4, -0.2) is 56.9 Å². The fourth-order valence-electron chi connectivity index (χ4n) is 2.16. The van der Waals surface area contributed by atoms with Gasteiger partial charge in [0.2, 0.25) is 5.88 Å². The van der Waals surface area contributed by atoms with Crippen LogP contribution in [0.2, 0.25) is 0 Å². The molecular formula is C16H21N7O. The van der Waals surface area contributed by atoms with Crippen LogP contribution in [0.5, 0.6) is 5.88 Å². The van der Waals surface area contributed by atoms with Crippen LogP contribution in [0, 0.1) is 6.92 Å². The first kappa shape index (κ1) is 16.1. The van der Waals surface area contributed by atoms with Crippen molar-refractivity contribution in [1.82, 2.24) is 29.7 Å². The number of fused-ring (bicyclic) bond motifs is 1. The van der Waals surface area contributed by atoms with E-state index in [0.717, 1.165) is 29.4 Å². The van der Waals surface area contributed by atoms with Crippen molar-refractivity contribution in [3.05, 3.63) is 41.9 Å². The maximum absolute atomic E-state index is 5.66. The maximum atomic E-state index is 5.66. The van der Waals surface area contributed by atoms with Crippen molar-refractivity contribution >= 4 is 11.5 Å². The number of hydrogen-bond donors (Lipinski definition) is 1. The van der Waals surface area contributed by atoms with Crippen molar-refractivity contribution in [3.63, 3.8) is 0 Å². The van der Waals surface area contributed by atoms with Crippen LogP contribution in [0.25, 0.3) is 5.65 Å². The fourth-order valence-corrected chi connectivity index (χ4v) is 2.16. The van der Waals surface area contributed by atoms with E-state index >= 15 is 0 Å². The number of ether oxygens (including phenoxy) is 1. The van der Waals surface area contributed by atoms with Crippen LogP contribution >= 0.6 is 0 Å². The van der Waals surface area contributed by atoms with Gasteiger partial charge in [0.05, 0.1) is 0 Å². The summed E-state index contributed by atoms with van der Waals surface area (Å²) in [5.41, 5.74) is 1.81. The SMILES string of the molecule is Cc1nnc2ccc(NCc3ccnc(OCCN(C)C)c3)nn12. The van der Waals surface area contributed by atoms with Crippen molar-refractivity contribution in [3.8, 4) is 5.88 Å². The first-order chi connectivity index (χ1) is 11.6. The lowest BCUT2D eigenvalue weighted by atomic mass is 10.2. The largest absolute Gasteiger partial charge is 0.476 e. The quantitative estimate of drug-likeness (QED) is 0.702. The van der Waals surface area contributed by atoms with Crippen LogP contribution in [0.15, 0.2) is 30.5 Å². The molecule has 0 aromatic carbocycles. The minimum Gasteiger partial charge on any atom is -0.476 e. The highest BCUT2D eigenvalue weighted by Gasteiger charge is 2.04. The number of hydrogen-bond acceptors (Lipinski definition) is 7. The lowest BCUT2D eigenvalue weighted by molar-refractivity contribution is 0.253. The lowest BCUT2D eigenvalue weighted by Gasteiger charge is -2.11. The molecule has 3 rings (SSSR count). The molecule has 126 valence electrons. The van der Waals surface area contributed by atoms with E-state index in [1.807, 2.05) is 45.3 Å². The Kier molecular flexibility index (Phi) is 4.85. The van der Waals surface area contributed by atoms with E-state index in [2.05, 4.69) is 30.5 Å². The third kappa shape index (κ3) is 3.96. The highest BCUT2D eigenvalue weighted by atomic mass is 16.5. The monoisotopic (exact) mass is 327 g/mol. The van der Waals surface area contributed by atoms with Gasteiger partial charge in [0.25, 0.3) is 0 Å². The van der Waals surface area contributed by atoms with Gasteiger partial charge < -0.3 is 15.0 Å². The predicted octanol–water partition coefficient (Wildman–Crippen LogP) is 1.38. The Labute approximate surface area is 140 Å². The summed E-state index contributed by atoms with van der Waals surface area (Å²) in [5, 5.41) is 15.8. The molecule has 1 N–H and O–H groups in total. The molecule has 0 aliphatic heterocycles. The minimum absolute atomic E-state index is 0.613. The minimum atomic E-state index is 0.613. The van der Waals surface area contributed by atoms with Crippen LogP contribution in [0.1, 0.15) is 11.4 Å². The Bertz CT molecular complexity index is 815. The number of likely N-dealkylation sites (N-methyl/N-ethyl adjacent to an activating group) is 1. The molecule has 0 radical (unpaired) electrons. The Morgan fingerprint density at radius 3 is 2.92 bits per heavy atom. The molecule has 0 amide bonds. The zero-order chi connectivity index (χ0) is 16.9. The van der Waals surface area contributed by atoms with Crippen molar-refractivity contribution in [2.75, 3.05) is 32.6 Å². The first-order valence-corrected chi connectivity index (χ1v) is 7.77. The van der Waals surface area contributed by atoms with Gasteiger partial charge in [0.15, 0.2) is 11.5 Å². The standard InChI is InChI=1S/C16H21N7O/c1-12-19-20-15-5-4-14(21-23(12)15)18-11-13-6-7-17-16(10-13)24-9-8-22(2)3/h4-7,10H,8-9,11H2,1-3H3,(H,18,21). The Hall–Kier alpha value is -2.74. The molecular weight excluding hydrogens is 306 g/mol. The molecule has 0 aliphatic carbocycles. The van der Waals surface area contributed by atoms with Crippen molar-refractivity contribution in [2.45, 2.75) is 13.5 Å². The molecule has 0 atom stereocenters. The number of nitrogens with one attached hydrogen (secondary N) is 1. The third-order valence-electron chi connectivity index (χ3n) is 3.48. The molecule has 3 aromatic heterocycles. The zero-order valence-corrected chi connectivity index (χ0v) is 14.1. The molecule has 3 aromatic rings. The molecule has 8 heteroatoms. The summed E-state index contributed by atoms with van der Waals surface area (Å²) in [5.74, 6) is 2.15. The highest BCUT2D eigenvalue weighted by Crippen LogP contribution is 2.12. The average Bonchev–Trinajstić information content (AvgIpc) is 2.94. The summed E-state index contributed by atoms with van der Waals surface area (Å²) in [6.45, 7) is 3.97. The van der Waals surface area contributed by atoms with Gasteiger partial charge in [-0.2, -0.15) is 4.52 Å². The Morgan fingerprint density at radius 2 is 2.08 bits per heavy atom. The van der Waals surface area contributed by atoms with Crippen molar-refractivity contribution < 1.29 is 4.74 Å². The molecule has 0 aliphatic rings. The van der Waals surface area contributed by atoms with E-state index in [-0.39, 0.29) is 0 Å². The van der Waals surface area contributed by atoms with Gasteiger partial charge >= 0.3 is 0 Å². The van der Waals surface area contributed by atoms with Gasteiger partial charge in [-0.05, 0) is 44.8 Å². The molecule has 0 bridgehead atoms. The van der Waals surface area contributed by atoms with Crippen molar-refractivity contribution in [1.29, 1.82) is 0 Å². The number of aryl methyl sites for hydroxylation is 1. The van der Waals surface area contributed by atoms with E-state index < -0.39 is 0 Å². The van der Waals surface area contributed by atoms with E-state index in [1.165, 1.54) is 0 Å². The summed E-state index contributed by atoms with van der Waals surface area (Å²) in [6.07, 6.45) is 1.75. The van der Waals surface area contributed by atoms with Crippen LogP contribution in [0.3, 0.4) is 0 Å². The van der Waals surface area contributed by atoms with Crippen LogP contribution < -0.4 is 10.1 Å². The number of pyridine rings is 1. The molecule has 0 fully saturated rings. The molecule has 24 heavy (non-hydrogen) atoms. The molecule has 8 nitrogen and oxygen atoms in total. The molecule has 3 heterocycles. The Morgan fingerprint density at radius 1 is 1.21 bits per heavy atom. The first-order valence-electron chi connectivity index (χ1n) is 7.77. The second kappa shape index (κ2) is 7.22. The summed E-state index contributed by atoms with van der Waals surface area (Å²) in [7, 11) is 4.02. The fraction of sp³-hybridized carbons (Fsp3) is 0.375. The van der Waals surface area contributed by atoms with Gasteiger partial charge in [0.1, 0.15) is 12.4 Å². The van der Waals surface area contributed by atoms with Crippen LogP contribution in [-0.2, 0) is 6.54 Å². The topological polar surface area (TPSA) is 80.5 Å². The average molecular weight is 327 g/mol. The third-order valence-corrected chi connectivity index (χ3v) is 3.48. The maximum Gasteiger partial charge on any atom is 0.213 e. The number of rotatable bonds is 7. The van der Waals surface area contributed by atoms with Gasteiger partial charge in [-0.25, -0.2) is 4.98 Å². The summed E-state index contributed by atoms with van der Waals surface area (Å²) in [6, 6.07) is 7.66. The molecule has 0 saturated carbocycles. The Balaban J connectivity index is 1.61. The molecule has 0 saturated heterocycles. The number of anilines is 1. The van der Waals surface area contributed by atoms with E-state index in [9.17, 15) is 0 Å². The second-order valence-electron chi connectivity index (χ2n) is 5.74. The summed E-state index contributed by atoms with van der Waals surface area (Å²) in [4.78, 5) is 6.30. The number of aromatic nitrogens is 5. The van der Waals surface area contributed by atoms with Gasteiger partial charge in [-0.15, -0.1) is 15.3 Å². The van der Waals surface area contributed by atoms with Gasteiger partial charge in [0, 0.05) is 25.4 Å². The predicted molar refractivity (Wildman–Crippen MR) is 91.1 cm³/mol. The van der Waals surface area contributed by atoms with Gasteiger partial charge in [-0.1, -0.05) is 0 Å².